The van der Waals surface area contributed by atoms with Crippen molar-refractivity contribution in [3.63, 3.8) is 0 Å². The molecule has 0 unspecified atom stereocenters. The van der Waals surface area contributed by atoms with Crippen LogP contribution in [0.15, 0.2) is 64.7 Å². The number of rotatable bonds is 6. The Morgan fingerprint density at radius 1 is 1.23 bits per heavy atom. The van der Waals surface area contributed by atoms with Crippen LogP contribution in [0.2, 0.25) is 0 Å². The standard InChI is InChI=1S/C20H16N4O3S3/c1-27-18(26)16(17-21-13-9-5-6-10-14(13)22-17)15(25)11-29-19-23-24(20(28)30-19)12-7-3-2-4-8-12/h2-10,25H,11H2,1H3,(H,21,22)/b16-15+. The zero-order valence-corrected chi connectivity index (χ0v) is 18.2. The van der Waals surface area contributed by atoms with Crippen LogP contribution in [-0.4, -0.2) is 43.7 Å². The fourth-order valence-corrected chi connectivity index (χ4v) is 5.02. The number of aromatic nitrogens is 4. The number of carbonyl (C=O) groups excluding carboxylic acids is 1. The first kappa shape index (κ1) is 20.3. The van der Waals surface area contributed by atoms with E-state index in [4.69, 9.17) is 17.0 Å². The third-order valence-electron chi connectivity index (χ3n) is 4.17. The average molecular weight is 457 g/mol. The number of hydrogen-bond donors (Lipinski definition) is 2. The van der Waals surface area contributed by atoms with Crippen LogP contribution in [0.5, 0.6) is 0 Å². The lowest BCUT2D eigenvalue weighted by molar-refractivity contribution is -0.133. The molecule has 0 fully saturated rings. The van der Waals surface area contributed by atoms with E-state index in [0.717, 1.165) is 11.2 Å². The van der Waals surface area contributed by atoms with Crippen LogP contribution in [0.25, 0.3) is 22.3 Å². The molecule has 0 amide bonds. The lowest BCUT2D eigenvalue weighted by Crippen LogP contribution is -2.09. The first-order valence-corrected chi connectivity index (χ1v) is 11.0. The van der Waals surface area contributed by atoms with Gasteiger partial charge in [-0.25, -0.2) is 14.5 Å². The summed E-state index contributed by atoms with van der Waals surface area (Å²) in [4.78, 5) is 19.8. The first-order valence-electron chi connectivity index (χ1n) is 8.80. The highest BCUT2D eigenvalue weighted by atomic mass is 32.2. The van der Waals surface area contributed by atoms with Crippen molar-refractivity contribution in [3.05, 3.63) is 70.1 Å². The Bertz CT molecular complexity index is 1260. The maximum absolute atomic E-state index is 12.3. The Kier molecular flexibility index (Phi) is 5.98. The molecule has 0 aliphatic rings. The summed E-state index contributed by atoms with van der Waals surface area (Å²) < 4.78 is 7.79. The van der Waals surface area contributed by atoms with E-state index in [9.17, 15) is 9.90 Å². The molecule has 0 aliphatic carbocycles. The van der Waals surface area contributed by atoms with Crippen molar-refractivity contribution in [2.24, 2.45) is 0 Å². The van der Waals surface area contributed by atoms with E-state index in [-0.39, 0.29) is 22.9 Å². The number of H-pyrrole nitrogens is 1. The molecule has 30 heavy (non-hydrogen) atoms. The van der Waals surface area contributed by atoms with Gasteiger partial charge >= 0.3 is 5.97 Å². The maximum atomic E-state index is 12.3. The largest absolute Gasteiger partial charge is 0.510 e. The number of methoxy groups -OCH3 is 1. The van der Waals surface area contributed by atoms with Crippen molar-refractivity contribution >= 4 is 57.9 Å². The Morgan fingerprint density at radius 3 is 2.70 bits per heavy atom. The van der Waals surface area contributed by atoms with E-state index in [2.05, 4.69) is 15.1 Å². The molecule has 0 radical (unpaired) electrons. The molecule has 2 aromatic heterocycles. The number of para-hydroxylation sites is 3. The minimum atomic E-state index is -0.672. The number of carbonyl (C=O) groups is 1. The summed E-state index contributed by atoms with van der Waals surface area (Å²) in [5.74, 6) is -0.463. The van der Waals surface area contributed by atoms with Gasteiger partial charge in [-0.3, -0.25) is 0 Å². The third-order valence-corrected chi connectivity index (χ3v) is 6.54. The van der Waals surface area contributed by atoms with Gasteiger partial charge in [0.05, 0.1) is 29.6 Å². The second kappa shape index (κ2) is 8.82. The number of thioether (sulfide) groups is 1. The van der Waals surface area contributed by atoms with Crippen LogP contribution < -0.4 is 0 Å². The van der Waals surface area contributed by atoms with Crippen LogP contribution in [0.3, 0.4) is 0 Å². The smallest absolute Gasteiger partial charge is 0.345 e. The first-order chi connectivity index (χ1) is 14.6. The Balaban J connectivity index is 1.61. The summed E-state index contributed by atoms with van der Waals surface area (Å²) in [7, 11) is 1.26. The van der Waals surface area contributed by atoms with E-state index in [0.29, 0.717) is 13.8 Å². The highest BCUT2D eigenvalue weighted by molar-refractivity contribution is 8.01. The summed E-state index contributed by atoms with van der Waals surface area (Å²) in [6.45, 7) is 0. The minimum Gasteiger partial charge on any atom is -0.510 e. The second-order valence-electron chi connectivity index (χ2n) is 6.09. The number of nitrogens with zero attached hydrogens (tertiary/aromatic N) is 3. The van der Waals surface area contributed by atoms with Crippen LogP contribution in [0.1, 0.15) is 5.82 Å². The molecule has 4 rings (SSSR count). The number of fused-ring (bicyclic) bond motifs is 1. The number of aliphatic hydroxyl groups excluding tert-OH is 1. The number of imidazole rings is 1. The molecular formula is C20H16N4O3S3. The molecule has 4 aromatic rings. The van der Waals surface area contributed by atoms with Gasteiger partial charge in [0.25, 0.3) is 0 Å². The number of nitrogens with one attached hydrogen (secondary N) is 1. The highest BCUT2D eigenvalue weighted by Crippen LogP contribution is 2.28. The number of ether oxygens (including phenoxy) is 1. The molecule has 0 aliphatic heterocycles. The van der Waals surface area contributed by atoms with Gasteiger partial charge in [0.2, 0.25) is 0 Å². The van der Waals surface area contributed by atoms with Crippen molar-refractivity contribution < 1.29 is 14.6 Å². The lowest BCUT2D eigenvalue weighted by Gasteiger charge is -2.06. The Hall–Kier alpha value is -2.95. The Labute approximate surface area is 185 Å². The van der Waals surface area contributed by atoms with Crippen LogP contribution in [0.4, 0.5) is 0 Å². The second-order valence-corrected chi connectivity index (χ2v) is 8.93. The lowest BCUT2D eigenvalue weighted by atomic mass is 10.2. The highest BCUT2D eigenvalue weighted by Gasteiger charge is 2.22. The van der Waals surface area contributed by atoms with E-state index in [1.54, 1.807) is 4.68 Å². The van der Waals surface area contributed by atoms with Gasteiger partial charge in [-0.15, -0.1) is 5.10 Å². The van der Waals surface area contributed by atoms with Crippen LogP contribution >= 0.6 is 35.3 Å². The minimum absolute atomic E-state index is 0.00714. The van der Waals surface area contributed by atoms with Gasteiger partial charge in [0.15, 0.2) is 8.29 Å². The predicted molar refractivity (Wildman–Crippen MR) is 121 cm³/mol. The van der Waals surface area contributed by atoms with Gasteiger partial charge in [0.1, 0.15) is 17.2 Å². The fourth-order valence-electron chi connectivity index (χ4n) is 2.78. The molecule has 7 nitrogen and oxygen atoms in total. The van der Waals surface area contributed by atoms with Gasteiger partial charge in [-0.1, -0.05) is 53.4 Å². The normalized spacial score (nSPS) is 12.0. The van der Waals surface area contributed by atoms with Gasteiger partial charge in [0, 0.05) is 0 Å². The topological polar surface area (TPSA) is 93.0 Å². The van der Waals surface area contributed by atoms with E-state index < -0.39 is 5.97 Å². The SMILES string of the molecule is COC(=O)/C(=C(/O)CSc1nn(-c2ccccc2)c(=S)s1)c1nc2ccccc2[nH]1. The number of esters is 1. The summed E-state index contributed by atoms with van der Waals surface area (Å²) in [5.41, 5.74) is 2.30. The molecule has 0 bridgehead atoms. The monoisotopic (exact) mass is 456 g/mol. The number of aromatic amines is 1. The average Bonchev–Trinajstić information content (AvgIpc) is 3.36. The molecule has 0 saturated carbocycles. The summed E-state index contributed by atoms with van der Waals surface area (Å²) in [5, 5.41) is 15.2. The van der Waals surface area contributed by atoms with Crippen molar-refractivity contribution in [1.82, 2.24) is 19.7 Å². The number of benzene rings is 2. The molecule has 0 saturated heterocycles. The van der Waals surface area contributed by atoms with E-state index >= 15 is 0 Å². The summed E-state index contributed by atoms with van der Waals surface area (Å²) in [6, 6.07) is 16.9. The molecule has 152 valence electrons. The molecule has 2 N–H and O–H groups in total. The number of hydrogen-bond acceptors (Lipinski definition) is 8. The van der Waals surface area contributed by atoms with Gasteiger partial charge < -0.3 is 14.8 Å². The van der Waals surface area contributed by atoms with E-state index in [1.165, 1.54) is 30.2 Å². The van der Waals surface area contributed by atoms with Crippen molar-refractivity contribution in [1.29, 1.82) is 0 Å². The fraction of sp³-hybridized carbons (Fsp3) is 0.100. The van der Waals surface area contributed by atoms with Crippen LogP contribution in [-0.2, 0) is 9.53 Å². The predicted octanol–water partition coefficient (Wildman–Crippen LogP) is 4.77. The van der Waals surface area contributed by atoms with Gasteiger partial charge in [-0.2, -0.15) is 0 Å². The molecule has 2 aromatic carbocycles. The van der Waals surface area contributed by atoms with Crippen LogP contribution in [0, 0.1) is 3.95 Å². The zero-order valence-electron chi connectivity index (χ0n) is 15.7. The maximum Gasteiger partial charge on any atom is 0.345 e. The molecule has 0 spiro atoms. The molecule has 10 heteroatoms. The van der Waals surface area contributed by atoms with Gasteiger partial charge in [-0.05, 0) is 36.5 Å². The third kappa shape index (κ3) is 4.16. The number of aliphatic hydroxyl groups is 1. The van der Waals surface area contributed by atoms with Crippen molar-refractivity contribution in [2.75, 3.05) is 12.9 Å². The molecular weight excluding hydrogens is 440 g/mol. The van der Waals surface area contributed by atoms with E-state index in [1.807, 2.05) is 54.6 Å². The Morgan fingerprint density at radius 2 is 1.97 bits per heavy atom. The zero-order chi connectivity index (χ0) is 21.1. The summed E-state index contributed by atoms with van der Waals surface area (Å²) in [6.07, 6.45) is 0. The quantitative estimate of drug-likeness (QED) is 0.142. The molecule has 2 heterocycles. The van der Waals surface area contributed by atoms with Crippen molar-refractivity contribution in [3.8, 4) is 5.69 Å². The molecule has 0 atom stereocenters. The summed E-state index contributed by atoms with van der Waals surface area (Å²) >= 11 is 8.01. The van der Waals surface area contributed by atoms with Crippen molar-refractivity contribution in [2.45, 2.75) is 4.34 Å².